The van der Waals surface area contributed by atoms with Crippen molar-refractivity contribution in [2.45, 2.75) is 33.0 Å². The van der Waals surface area contributed by atoms with E-state index in [-0.39, 0.29) is 0 Å². The summed E-state index contributed by atoms with van der Waals surface area (Å²) >= 11 is 0. The summed E-state index contributed by atoms with van der Waals surface area (Å²) < 4.78 is 36.5. The molecule has 84 valence electrons. The summed E-state index contributed by atoms with van der Waals surface area (Å²) in [6.07, 6.45) is -4.72. The highest BCUT2D eigenvalue weighted by Gasteiger charge is 2.46. The molecule has 0 bridgehead atoms. The van der Waals surface area contributed by atoms with Crippen molar-refractivity contribution >= 4 is 5.97 Å². The van der Waals surface area contributed by atoms with E-state index in [1.54, 1.807) is 0 Å². The van der Waals surface area contributed by atoms with Crippen molar-refractivity contribution in [2.24, 2.45) is 17.1 Å². The van der Waals surface area contributed by atoms with E-state index in [4.69, 9.17) is 5.73 Å². The van der Waals surface area contributed by atoms with Crippen LogP contribution < -0.4 is 10.8 Å². The SMILES string of the molecule is CC(C)(C)[C@H](C(=O)[O-])[C@H](N)C(F)(F)F. The van der Waals surface area contributed by atoms with Crippen molar-refractivity contribution in [2.75, 3.05) is 0 Å². The lowest BCUT2D eigenvalue weighted by molar-refractivity contribution is -0.320. The lowest BCUT2D eigenvalue weighted by Crippen LogP contribution is -2.55. The minimum absolute atomic E-state index is 1.09. The molecular weight excluding hydrogens is 199 g/mol. The Kier molecular flexibility index (Phi) is 3.55. The molecule has 6 heteroatoms. The second kappa shape index (κ2) is 3.76. The summed E-state index contributed by atoms with van der Waals surface area (Å²) in [5, 5.41) is 10.5. The van der Waals surface area contributed by atoms with Crippen LogP contribution in [0.4, 0.5) is 13.2 Å². The predicted octanol–water partition coefficient (Wildman–Crippen LogP) is 0.288. The van der Waals surface area contributed by atoms with Crippen molar-refractivity contribution in [3.05, 3.63) is 0 Å². The highest BCUT2D eigenvalue weighted by molar-refractivity contribution is 5.69. The molecule has 0 aromatic carbocycles. The molecule has 0 rings (SSSR count). The number of carboxylic acids is 1. The summed E-state index contributed by atoms with van der Waals surface area (Å²) in [6, 6.07) is -2.40. The van der Waals surface area contributed by atoms with Gasteiger partial charge >= 0.3 is 6.18 Å². The number of alkyl halides is 3. The third-order valence-electron chi connectivity index (χ3n) is 1.92. The van der Waals surface area contributed by atoms with Crippen LogP contribution in [0.15, 0.2) is 0 Å². The van der Waals surface area contributed by atoms with E-state index in [0.29, 0.717) is 0 Å². The Morgan fingerprint density at radius 2 is 1.64 bits per heavy atom. The van der Waals surface area contributed by atoms with Crippen LogP contribution in [0.1, 0.15) is 20.8 Å². The van der Waals surface area contributed by atoms with Crippen molar-refractivity contribution in [3.63, 3.8) is 0 Å². The van der Waals surface area contributed by atoms with Gasteiger partial charge in [-0.05, 0) is 5.41 Å². The molecule has 0 amide bonds. The maximum absolute atomic E-state index is 12.2. The Morgan fingerprint density at radius 1 is 1.29 bits per heavy atom. The molecule has 2 N–H and O–H groups in total. The molecule has 0 aliphatic carbocycles. The van der Waals surface area contributed by atoms with Crippen LogP contribution in [0.2, 0.25) is 0 Å². The molecule has 3 nitrogen and oxygen atoms in total. The molecule has 14 heavy (non-hydrogen) atoms. The Hall–Kier alpha value is -0.780. The van der Waals surface area contributed by atoms with Crippen molar-refractivity contribution < 1.29 is 23.1 Å². The number of halogens is 3. The number of carbonyl (C=O) groups excluding carboxylic acids is 1. The third-order valence-corrected chi connectivity index (χ3v) is 1.92. The molecule has 0 fully saturated rings. The number of hydrogen-bond donors (Lipinski definition) is 1. The fourth-order valence-corrected chi connectivity index (χ4v) is 1.23. The first-order valence-corrected chi connectivity index (χ1v) is 4.01. The minimum atomic E-state index is -4.72. The topological polar surface area (TPSA) is 66.1 Å². The van der Waals surface area contributed by atoms with E-state index in [0.717, 1.165) is 0 Å². The first kappa shape index (κ1) is 13.2. The number of rotatable bonds is 2. The van der Waals surface area contributed by atoms with Crippen LogP contribution in [0.3, 0.4) is 0 Å². The zero-order valence-electron chi connectivity index (χ0n) is 8.18. The Balaban J connectivity index is 4.96. The molecule has 0 saturated heterocycles. The molecule has 0 aromatic heterocycles. The Bertz CT molecular complexity index is 220. The van der Waals surface area contributed by atoms with E-state index in [1.807, 2.05) is 0 Å². The molecule has 0 aliphatic heterocycles. The molecule has 2 atom stereocenters. The van der Waals surface area contributed by atoms with Crippen LogP contribution in [-0.2, 0) is 4.79 Å². The predicted molar refractivity (Wildman–Crippen MR) is 42.0 cm³/mol. The average molecular weight is 212 g/mol. The van der Waals surface area contributed by atoms with Gasteiger partial charge in [0.25, 0.3) is 0 Å². The zero-order chi connectivity index (χ0) is 11.7. The van der Waals surface area contributed by atoms with Crippen LogP contribution in [0, 0.1) is 11.3 Å². The quantitative estimate of drug-likeness (QED) is 0.715. The van der Waals surface area contributed by atoms with Gasteiger partial charge in [0.05, 0.1) is 0 Å². The van der Waals surface area contributed by atoms with Gasteiger partial charge in [0, 0.05) is 11.9 Å². The maximum Gasteiger partial charge on any atom is 0.404 e. The Morgan fingerprint density at radius 3 is 1.71 bits per heavy atom. The number of carbonyl (C=O) groups is 1. The smallest absolute Gasteiger partial charge is 0.404 e. The van der Waals surface area contributed by atoms with E-state index in [9.17, 15) is 23.1 Å². The number of aliphatic carboxylic acids is 1. The van der Waals surface area contributed by atoms with Crippen LogP contribution >= 0.6 is 0 Å². The summed E-state index contributed by atoms with van der Waals surface area (Å²) in [4.78, 5) is 10.5. The van der Waals surface area contributed by atoms with Gasteiger partial charge in [0.1, 0.15) is 6.04 Å². The first-order chi connectivity index (χ1) is 5.98. The van der Waals surface area contributed by atoms with Crippen LogP contribution in [-0.4, -0.2) is 18.2 Å². The van der Waals surface area contributed by atoms with E-state index >= 15 is 0 Å². The molecule has 0 heterocycles. The largest absolute Gasteiger partial charge is 0.550 e. The highest BCUT2D eigenvalue weighted by atomic mass is 19.4. The van der Waals surface area contributed by atoms with Crippen molar-refractivity contribution in [1.82, 2.24) is 0 Å². The summed E-state index contributed by atoms with van der Waals surface area (Å²) in [5.74, 6) is -3.52. The lowest BCUT2D eigenvalue weighted by Gasteiger charge is -2.36. The minimum Gasteiger partial charge on any atom is -0.550 e. The van der Waals surface area contributed by atoms with Gasteiger partial charge < -0.3 is 15.6 Å². The number of carboxylic acid groups (broad SMARTS) is 1. The fourth-order valence-electron chi connectivity index (χ4n) is 1.23. The normalized spacial score (nSPS) is 17.6. The standard InChI is InChI=1S/C8H14F3NO2/c1-7(2,3)4(6(13)14)5(12)8(9,10)11/h4-5H,12H2,1-3H3,(H,13,14)/p-1/t4-,5-/m0/s1. The number of nitrogens with two attached hydrogens (primary N) is 1. The third kappa shape index (κ3) is 3.17. The molecule has 0 aromatic rings. The van der Waals surface area contributed by atoms with Crippen molar-refractivity contribution in [3.8, 4) is 0 Å². The monoisotopic (exact) mass is 212 g/mol. The number of hydrogen-bond acceptors (Lipinski definition) is 3. The van der Waals surface area contributed by atoms with Gasteiger partial charge in [-0.15, -0.1) is 0 Å². The molecule has 0 saturated carbocycles. The molecule has 0 radical (unpaired) electrons. The average Bonchev–Trinajstić information content (AvgIpc) is 1.79. The first-order valence-electron chi connectivity index (χ1n) is 4.01. The van der Waals surface area contributed by atoms with Gasteiger partial charge in [0.2, 0.25) is 0 Å². The van der Waals surface area contributed by atoms with Gasteiger partial charge in [-0.2, -0.15) is 13.2 Å². The van der Waals surface area contributed by atoms with Crippen LogP contribution in [0.25, 0.3) is 0 Å². The second-order valence-corrected chi connectivity index (χ2v) is 4.23. The van der Waals surface area contributed by atoms with Gasteiger partial charge in [0.15, 0.2) is 0 Å². The maximum atomic E-state index is 12.2. The van der Waals surface area contributed by atoms with E-state index < -0.39 is 29.5 Å². The van der Waals surface area contributed by atoms with Crippen LogP contribution in [0.5, 0.6) is 0 Å². The van der Waals surface area contributed by atoms with Gasteiger partial charge in [-0.3, -0.25) is 0 Å². The summed E-state index contributed by atoms with van der Waals surface area (Å²) in [7, 11) is 0. The fraction of sp³-hybridized carbons (Fsp3) is 0.875. The zero-order valence-corrected chi connectivity index (χ0v) is 8.18. The summed E-state index contributed by atoms with van der Waals surface area (Å²) in [5.41, 5.74) is 3.75. The molecule has 0 spiro atoms. The molecule has 0 aliphatic rings. The summed E-state index contributed by atoms with van der Waals surface area (Å²) in [6.45, 7) is 4.12. The van der Waals surface area contributed by atoms with E-state index in [2.05, 4.69) is 0 Å². The Labute approximate surface area is 80.1 Å². The second-order valence-electron chi connectivity index (χ2n) is 4.23. The van der Waals surface area contributed by atoms with Crippen molar-refractivity contribution in [1.29, 1.82) is 0 Å². The molecule has 0 unspecified atom stereocenters. The molecular formula is C8H13F3NO2-. The van der Waals surface area contributed by atoms with E-state index in [1.165, 1.54) is 20.8 Å². The van der Waals surface area contributed by atoms with Gasteiger partial charge in [-0.1, -0.05) is 20.8 Å². The lowest BCUT2D eigenvalue weighted by atomic mass is 9.76. The highest BCUT2D eigenvalue weighted by Crippen LogP contribution is 2.34. The van der Waals surface area contributed by atoms with Gasteiger partial charge in [-0.25, -0.2) is 0 Å².